The second kappa shape index (κ2) is 8.64. The van der Waals surface area contributed by atoms with Crippen molar-refractivity contribution in [2.45, 2.75) is 32.1 Å². The topological polar surface area (TPSA) is 36.4 Å². The van der Waals surface area contributed by atoms with Gasteiger partial charge in [0.2, 0.25) is 0 Å². The first kappa shape index (κ1) is 19.4. The van der Waals surface area contributed by atoms with Crippen molar-refractivity contribution in [1.29, 1.82) is 0 Å². The van der Waals surface area contributed by atoms with Gasteiger partial charge in [0.05, 0.1) is 23.8 Å². The van der Waals surface area contributed by atoms with Crippen LogP contribution in [-0.2, 0) is 4.79 Å². The van der Waals surface area contributed by atoms with Crippen LogP contribution in [0.3, 0.4) is 0 Å². The lowest BCUT2D eigenvalue weighted by molar-refractivity contribution is -0.115. The van der Waals surface area contributed by atoms with Gasteiger partial charge in [-0.3, -0.25) is 9.78 Å². The number of carbonyl (C=O) groups excluding carboxylic acids is 1. The minimum absolute atomic E-state index is 0.0583. The molecule has 0 saturated carbocycles. The summed E-state index contributed by atoms with van der Waals surface area (Å²) in [6, 6.07) is 12.9. The van der Waals surface area contributed by atoms with Crippen molar-refractivity contribution >= 4 is 17.3 Å². The number of carbonyl (C=O) groups is 1. The number of hydrogen-bond donors (Lipinski definition) is 0. The van der Waals surface area contributed by atoms with Gasteiger partial charge in [-0.05, 0) is 42.7 Å². The van der Waals surface area contributed by atoms with E-state index < -0.39 is 0 Å². The van der Waals surface area contributed by atoms with E-state index in [9.17, 15) is 4.79 Å². The van der Waals surface area contributed by atoms with E-state index in [0.717, 1.165) is 49.3 Å². The summed E-state index contributed by atoms with van der Waals surface area (Å²) in [6.07, 6.45) is 12.8. The zero-order valence-electron chi connectivity index (χ0n) is 17.3. The molecule has 0 radical (unpaired) electrons. The number of rotatable bonds is 4. The van der Waals surface area contributed by atoms with Gasteiger partial charge in [-0.15, -0.1) is 0 Å². The molecule has 0 N–H and O–H groups in total. The average Bonchev–Trinajstić information content (AvgIpc) is 2.79. The van der Waals surface area contributed by atoms with Gasteiger partial charge >= 0.3 is 0 Å². The normalized spacial score (nSPS) is 19.7. The maximum atomic E-state index is 12.9. The van der Waals surface area contributed by atoms with Crippen LogP contribution in [0.1, 0.15) is 37.7 Å². The lowest BCUT2D eigenvalue weighted by Crippen LogP contribution is -2.33. The van der Waals surface area contributed by atoms with Crippen LogP contribution in [0.2, 0.25) is 0 Å². The Morgan fingerprint density at radius 3 is 2.62 bits per heavy atom. The van der Waals surface area contributed by atoms with Crippen LogP contribution < -0.4 is 9.80 Å². The molecular formula is C25H29N3O. The molecule has 0 spiro atoms. The molecule has 2 aromatic rings. The molecule has 1 aromatic carbocycles. The lowest BCUT2D eigenvalue weighted by atomic mass is 9.89. The monoisotopic (exact) mass is 387 g/mol. The number of piperidine rings is 1. The second-order valence-corrected chi connectivity index (χ2v) is 8.20. The zero-order valence-corrected chi connectivity index (χ0v) is 17.3. The Hall–Kier alpha value is -2.88. The highest BCUT2D eigenvalue weighted by Gasteiger charge is 2.23. The molecule has 1 aliphatic carbocycles. The molecule has 1 aliphatic heterocycles. The molecule has 150 valence electrons. The molecule has 1 unspecified atom stereocenters. The van der Waals surface area contributed by atoms with E-state index in [1.54, 1.807) is 11.1 Å². The van der Waals surface area contributed by atoms with Gasteiger partial charge in [0.15, 0.2) is 0 Å². The van der Waals surface area contributed by atoms with Crippen LogP contribution in [-0.4, -0.2) is 31.0 Å². The number of nitrogens with zero attached hydrogens (tertiary/aromatic N) is 3. The minimum atomic E-state index is 0.0583. The summed E-state index contributed by atoms with van der Waals surface area (Å²) in [4.78, 5) is 21.5. The Balaban J connectivity index is 1.43. The largest absolute Gasteiger partial charge is 0.370 e. The molecule has 0 bridgehead atoms. The average molecular weight is 388 g/mol. The van der Waals surface area contributed by atoms with Crippen molar-refractivity contribution in [2.24, 2.45) is 5.92 Å². The number of allylic oxidation sites excluding steroid dienone is 3. The summed E-state index contributed by atoms with van der Waals surface area (Å²) >= 11 is 0. The summed E-state index contributed by atoms with van der Waals surface area (Å²) in [5, 5.41) is 0. The molecule has 1 saturated heterocycles. The molecule has 4 heteroatoms. The van der Waals surface area contributed by atoms with Crippen molar-refractivity contribution in [3.63, 3.8) is 0 Å². The molecular weight excluding hydrogens is 358 g/mol. The summed E-state index contributed by atoms with van der Waals surface area (Å²) in [7, 11) is 1.84. The van der Waals surface area contributed by atoms with Crippen LogP contribution in [0.15, 0.2) is 72.6 Å². The van der Waals surface area contributed by atoms with Crippen LogP contribution in [0.4, 0.5) is 11.4 Å². The predicted octanol–water partition coefficient (Wildman–Crippen LogP) is 4.95. The van der Waals surface area contributed by atoms with Crippen molar-refractivity contribution in [3.05, 3.63) is 78.2 Å². The molecule has 4 rings (SSSR count). The standard InChI is InChI=1S/C25H29N3O/c1-19-7-6-10-22(15-19)25(29)27(2)23-16-24(18-26-17-23)28-13-11-21(12-14-28)20-8-4-3-5-9-20/h3-10,16-19,21H,11-15H2,1-2H3. The van der Waals surface area contributed by atoms with Crippen molar-refractivity contribution in [2.75, 3.05) is 29.9 Å². The highest BCUT2D eigenvalue weighted by molar-refractivity contribution is 6.05. The summed E-state index contributed by atoms with van der Waals surface area (Å²) in [5.41, 5.74) is 4.24. The fourth-order valence-electron chi connectivity index (χ4n) is 4.30. The van der Waals surface area contributed by atoms with Crippen molar-refractivity contribution in [3.8, 4) is 0 Å². The number of benzene rings is 1. The minimum Gasteiger partial charge on any atom is -0.370 e. The Kier molecular flexibility index (Phi) is 5.79. The fraction of sp³-hybridized carbons (Fsp3) is 0.360. The predicted molar refractivity (Wildman–Crippen MR) is 119 cm³/mol. The van der Waals surface area contributed by atoms with Gasteiger partial charge in [0.25, 0.3) is 5.91 Å². The molecule has 2 aliphatic rings. The molecule has 29 heavy (non-hydrogen) atoms. The summed E-state index contributed by atoms with van der Waals surface area (Å²) < 4.78 is 0. The van der Waals surface area contributed by atoms with Gasteiger partial charge in [0, 0.05) is 25.7 Å². The zero-order chi connectivity index (χ0) is 20.2. The van der Waals surface area contributed by atoms with E-state index in [1.165, 1.54) is 5.56 Å². The molecule has 1 atom stereocenters. The van der Waals surface area contributed by atoms with Crippen molar-refractivity contribution < 1.29 is 4.79 Å². The van der Waals surface area contributed by atoms with Crippen LogP contribution in [0.25, 0.3) is 0 Å². The van der Waals surface area contributed by atoms with E-state index in [4.69, 9.17) is 0 Å². The Morgan fingerprint density at radius 2 is 1.90 bits per heavy atom. The fourth-order valence-corrected chi connectivity index (χ4v) is 4.30. The SMILES string of the molecule is CC1C=CC=C(C(=O)N(C)c2cncc(N3CCC(c4ccccc4)CC3)c2)C1. The van der Waals surface area contributed by atoms with E-state index in [2.05, 4.69) is 59.3 Å². The highest BCUT2D eigenvalue weighted by Crippen LogP contribution is 2.31. The third-order valence-corrected chi connectivity index (χ3v) is 6.09. The maximum absolute atomic E-state index is 12.9. The molecule has 1 fully saturated rings. The third-order valence-electron chi connectivity index (χ3n) is 6.09. The second-order valence-electron chi connectivity index (χ2n) is 8.20. The molecule has 4 nitrogen and oxygen atoms in total. The number of anilines is 2. The first-order valence-corrected chi connectivity index (χ1v) is 10.5. The van der Waals surface area contributed by atoms with Crippen molar-refractivity contribution in [1.82, 2.24) is 4.98 Å². The number of hydrogen-bond acceptors (Lipinski definition) is 3. The van der Waals surface area contributed by atoms with Gasteiger partial charge in [-0.25, -0.2) is 0 Å². The first-order chi connectivity index (χ1) is 14.1. The van der Waals surface area contributed by atoms with Gasteiger partial charge in [-0.1, -0.05) is 55.5 Å². The molecule has 1 amide bonds. The molecule has 1 aromatic heterocycles. The maximum Gasteiger partial charge on any atom is 0.253 e. The number of likely N-dealkylation sites (N-methyl/N-ethyl adjacent to an activating group) is 1. The van der Waals surface area contributed by atoms with Crippen LogP contribution in [0, 0.1) is 5.92 Å². The van der Waals surface area contributed by atoms with E-state index >= 15 is 0 Å². The van der Waals surface area contributed by atoms with E-state index in [0.29, 0.717) is 11.8 Å². The Labute approximate surface area is 173 Å². The smallest absolute Gasteiger partial charge is 0.253 e. The van der Waals surface area contributed by atoms with Gasteiger partial charge < -0.3 is 9.80 Å². The molecule has 2 heterocycles. The van der Waals surface area contributed by atoms with Crippen LogP contribution >= 0.6 is 0 Å². The first-order valence-electron chi connectivity index (χ1n) is 10.5. The highest BCUT2D eigenvalue weighted by atomic mass is 16.2. The summed E-state index contributed by atoms with van der Waals surface area (Å²) in [5.74, 6) is 1.09. The van der Waals surface area contributed by atoms with Gasteiger partial charge in [0.1, 0.15) is 0 Å². The van der Waals surface area contributed by atoms with E-state index in [-0.39, 0.29) is 5.91 Å². The van der Waals surface area contributed by atoms with E-state index in [1.807, 2.05) is 25.4 Å². The number of pyridine rings is 1. The number of amides is 1. The van der Waals surface area contributed by atoms with Crippen LogP contribution in [0.5, 0.6) is 0 Å². The number of aromatic nitrogens is 1. The van der Waals surface area contributed by atoms with Gasteiger partial charge in [-0.2, -0.15) is 0 Å². The Morgan fingerprint density at radius 1 is 1.14 bits per heavy atom. The quantitative estimate of drug-likeness (QED) is 0.745. The third kappa shape index (κ3) is 4.42. The Bertz CT molecular complexity index is 911. The summed E-state index contributed by atoms with van der Waals surface area (Å²) in [6.45, 7) is 4.16. The lowest BCUT2D eigenvalue weighted by Gasteiger charge is -2.34.